The van der Waals surface area contributed by atoms with Gasteiger partial charge in [-0.1, -0.05) is 5.57 Å². The minimum atomic E-state index is -0.0167. The first kappa shape index (κ1) is 16.6. The van der Waals surface area contributed by atoms with Crippen molar-refractivity contribution in [1.82, 2.24) is 4.98 Å². The summed E-state index contributed by atoms with van der Waals surface area (Å²) in [6.45, 7) is 5.86. The Kier molecular flexibility index (Phi) is 4.50. The van der Waals surface area contributed by atoms with Crippen molar-refractivity contribution in [3.8, 4) is 0 Å². The quantitative estimate of drug-likeness (QED) is 0.834. The van der Waals surface area contributed by atoms with E-state index in [2.05, 4.69) is 29.0 Å². The fourth-order valence-corrected chi connectivity index (χ4v) is 3.74. The number of nitrogens with one attached hydrogen (secondary N) is 1. The Hall–Kier alpha value is -1.88. The molecule has 2 saturated carbocycles. The average Bonchev–Trinajstić information content (AvgIpc) is 3.46. The van der Waals surface area contributed by atoms with Gasteiger partial charge in [-0.3, -0.25) is 4.79 Å². The van der Waals surface area contributed by atoms with E-state index in [1.54, 1.807) is 6.20 Å². The van der Waals surface area contributed by atoms with Crippen LogP contribution in [0, 0.1) is 11.8 Å². The lowest BCUT2D eigenvalue weighted by Crippen LogP contribution is -2.45. The van der Waals surface area contributed by atoms with E-state index in [1.807, 2.05) is 18.2 Å². The van der Waals surface area contributed by atoms with E-state index >= 15 is 0 Å². The Morgan fingerprint density at radius 1 is 1.16 bits per heavy atom. The van der Waals surface area contributed by atoms with Gasteiger partial charge in [0.25, 0.3) is 0 Å². The summed E-state index contributed by atoms with van der Waals surface area (Å²) in [6, 6.07) is 3.92. The second-order valence-electron chi connectivity index (χ2n) is 7.75. The van der Waals surface area contributed by atoms with E-state index in [1.165, 1.54) is 31.3 Å². The summed E-state index contributed by atoms with van der Waals surface area (Å²) in [7, 11) is 0. The molecule has 2 aliphatic carbocycles. The molecule has 0 aromatic carbocycles. The number of ether oxygens (including phenoxy) is 1. The van der Waals surface area contributed by atoms with Gasteiger partial charge in [0, 0.05) is 19.2 Å². The van der Waals surface area contributed by atoms with Gasteiger partial charge in [-0.25, -0.2) is 4.98 Å². The summed E-state index contributed by atoms with van der Waals surface area (Å²) in [5.41, 5.74) is 2.13. The molecular formula is C20H27N3O2. The van der Waals surface area contributed by atoms with Gasteiger partial charge in [-0.15, -0.1) is 0 Å². The average molecular weight is 341 g/mol. The van der Waals surface area contributed by atoms with Crippen LogP contribution in [0.3, 0.4) is 0 Å². The van der Waals surface area contributed by atoms with Gasteiger partial charge in [0.05, 0.1) is 24.1 Å². The number of carbonyl (C=O) groups is 1. The molecular weight excluding hydrogens is 314 g/mol. The minimum Gasteiger partial charge on any atom is -0.372 e. The lowest BCUT2D eigenvalue weighted by molar-refractivity contribution is -0.112. The van der Waals surface area contributed by atoms with Crippen molar-refractivity contribution < 1.29 is 9.53 Å². The number of rotatable bonds is 5. The van der Waals surface area contributed by atoms with Crippen LogP contribution in [-0.2, 0) is 9.53 Å². The molecule has 0 bridgehead atoms. The van der Waals surface area contributed by atoms with Gasteiger partial charge >= 0.3 is 0 Å². The normalized spacial score (nSPS) is 26.2. The van der Waals surface area contributed by atoms with Crippen molar-refractivity contribution >= 4 is 17.4 Å². The van der Waals surface area contributed by atoms with E-state index in [9.17, 15) is 4.79 Å². The number of nitrogens with zero attached hydrogens (tertiary/aromatic N) is 2. The number of aromatic nitrogens is 1. The van der Waals surface area contributed by atoms with Crippen LogP contribution in [0.25, 0.3) is 0 Å². The second kappa shape index (κ2) is 6.79. The zero-order valence-electron chi connectivity index (χ0n) is 15.1. The molecule has 5 heteroatoms. The van der Waals surface area contributed by atoms with Crippen molar-refractivity contribution in [1.29, 1.82) is 0 Å². The van der Waals surface area contributed by atoms with Crippen LogP contribution in [0.5, 0.6) is 0 Å². The number of pyridine rings is 1. The fraction of sp³-hybridized carbons (Fsp3) is 0.600. The maximum atomic E-state index is 12.3. The first-order valence-electron chi connectivity index (χ1n) is 9.47. The monoisotopic (exact) mass is 341 g/mol. The largest absolute Gasteiger partial charge is 0.372 e. The Bertz CT molecular complexity index is 638. The third-order valence-corrected chi connectivity index (χ3v) is 5.15. The number of amides is 1. The number of allylic oxidation sites excluding steroid dienone is 1. The molecule has 25 heavy (non-hydrogen) atoms. The van der Waals surface area contributed by atoms with E-state index in [0.717, 1.165) is 24.6 Å². The molecule has 3 fully saturated rings. The molecule has 1 N–H and O–H groups in total. The molecule has 3 aliphatic rings. The topological polar surface area (TPSA) is 54.5 Å². The highest BCUT2D eigenvalue weighted by Crippen LogP contribution is 2.48. The number of hydrogen-bond donors (Lipinski definition) is 1. The Morgan fingerprint density at radius 3 is 2.32 bits per heavy atom. The maximum Gasteiger partial charge on any atom is 0.248 e. The predicted molar refractivity (Wildman–Crippen MR) is 98.6 cm³/mol. The zero-order valence-corrected chi connectivity index (χ0v) is 15.1. The van der Waals surface area contributed by atoms with Crippen LogP contribution in [0.15, 0.2) is 30.0 Å². The highest BCUT2D eigenvalue weighted by Gasteiger charge is 2.36. The summed E-state index contributed by atoms with van der Waals surface area (Å²) in [6.07, 6.45) is 9.01. The van der Waals surface area contributed by atoms with E-state index in [0.29, 0.717) is 11.8 Å². The molecule has 0 radical (unpaired) electrons. The first-order valence-corrected chi connectivity index (χ1v) is 9.47. The highest BCUT2D eigenvalue weighted by atomic mass is 16.5. The van der Waals surface area contributed by atoms with Gasteiger partial charge in [0.2, 0.25) is 5.91 Å². The van der Waals surface area contributed by atoms with Crippen LogP contribution in [0.2, 0.25) is 0 Å². The summed E-state index contributed by atoms with van der Waals surface area (Å²) in [4.78, 5) is 19.1. The highest BCUT2D eigenvalue weighted by molar-refractivity contribution is 5.99. The van der Waals surface area contributed by atoms with Gasteiger partial charge in [-0.2, -0.15) is 0 Å². The van der Waals surface area contributed by atoms with Crippen molar-refractivity contribution in [2.75, 3.05) is 23.3 Å². The molecule has 2 atom stereocenters. The lowest BCUT2D eigenvalue weighted by Gasteiger charge is -2.36. The Balaban J connectivity index is 1.38. The lowest BCUT2D eigenvalue weighted by atomic mass is 10.1. The third kappa shape index (κ3) is 4.21. The van der Waals surface area contributed by atoms with Gasteiger partial charge < -0.3 is 15.0 Å². The van der Waals surface area contributed by atoms with Crippen LogP contribution < -0.4 is 10.2 Å². The molecule has 1 aromatic rings. The van der Waals surface area contributed by atoms with Crippen LogP contribution >= 0.6 is 0 Å². The maximum absolute atomic E-state index is 12.3. The van der Waals surface area contributed by atoms with Gasteiger partial charge in [-0.05, 0) is 63.5 Å². The molecule has 0 unspecified atom stereocenters. The molecule has 134 valence electrons. The van der Waals surface area contributed by atoms with Crippen molar-refractivity contribution in [3.63, 3.8) is 0 Å². The summed E-state index contributed by atoms with van der Waals surface area (Å²) in [5, 5.41) is 2.96. The molecule has 1 aromatic heterocycles. The van der Waals surface area contributed by atoms with Crippen LogP contribution in [-0.4, -0.2) is 36.2 Å². The summed E-state index contributed by atoms with van der Waals surface area (Å²) >= 11 is 0. The summed E-state index contributed by atoms with van der Waals surface area (Å²) < 4.78 is 5.77. The number of anilines is 2. The zero-order chi connectivity index (χ0) is 17.4. The standard InChI is InChI=1S/C20H27N3O2/c1-13-11-23(12-14(2)25-13)19-8-7-17(10-21-19)22-20(24)9-18(15-3-4-15)16-5-6-16/h7-10,13-16H,3-6,11-12H2,1-2H3,(H,22,24)/t13-,14-/m0/s1. The van der Waals surface area contributed by atoms with Crippen LogP contribution in [0.1, 0.15) is 39.5 Å². The number of carbonyl (C=O) groups excluding carboxylic acids is 1. The first-order chi connectivity index (χ1) is 12.1. The molecule has 4 rings (SSSR count). The Morgan fingerprint density at radius 2 is 1.80 bits per heavy atom. The minimum absolute atomic E-state index is 0.0167. The van der Waals surface area contributed by atoms with Gasteiger partial charge in [0.15, 0.2) is 0 Å². The molecule has 5 nitrogen and oxygen atoms in total. The van der Waals surface area contributed by atoms with Gasteiger partial charge in [0.1, 0.15) is 5.82 Å². The molecule has 1 amide bonds. The van der Waals surface area contributed by atoms with Crippen LogP contribution in [0.4, 0.5) is 11.5 Å². The smallest absolute Gasteiger partial charge is 0.248 e. The third-order valence-electron chi connectivity index (χ3n) is 5.15. The second-order valence-corrected chi connectivity index (χ2v) is 7.75. The van der Waals surface area contributed by atoms with E-state index in [4.69, 9.17) is 4.74 Å². The van der Waals surface area contributed by atoms with Crippen molar-refractivity contribution in [2.24, 2.45) is 11.8 Å². The summed E-state index contributed by atoms with van der Waals surface area (Å²) in [5.74, 6) is 2.26. The number of morpholine rings is 1. The van der Waals surface area contributed by atoms with Crippen molar-refractivity contribution in [3.05, 3.63) is 30.0 Å². The predicted octanol–water partition coefficient (Wildman–Crippen LogP) is 3.38. The SMILES string of the molecule is C[C@H]1CN(c2ccc(NC(=O)C=C(C3CC3)C3CC3)cn2)C[C@H](C)O1. The Labute approximate surface area is 149 Å². The van der Waals surface area contributed by atoms with E-state index < -0.39 is 0 Å². The number of hydrogen-bond acceptors (Lipinski definition) is 4. The molecule has 1 saturated heterocycles. The van der Waals surface area contributed by atoms with E-state index in [-0.39, 0.29) is 18.1 Å². The molecule has 0 spiro atoms. The fourth-order valence-electron chi connectivity index (χ4n) is 3.74. The molecule has 1 aliphatic heterocycles. The van der Waals surface area contributed by atoms with Crippen molar-refractivity contribution in [2.45, 2.75) is 51.7 Å². The molecule has 2 heterocycles.